The largest absolute Gasteiger partial charge is 0.396 e. The molecule has 2 rings (SSSR count). The lowest BCUT2D eigenvalue weighted by Crippen LogP contribution is -1.90. The Morgan fingerprint density at radius 2 is 1.57 bits per heavy atom. The molecule has 0 aliphatic carbocycles. The Hall–Kier alpha value is -1.34. The van der Waals surface area contributed by atoms with Gasteiger partial charge in [-0.25, -0.2) is 0 Å². The number of unbranched alkanes of at least 4 members (excludes halogenated alkanes) is 3. The van der Waals surface area contributed by atoms with Crippen molar-refractivity contribution in [2.45, 2.75) is 52.9 Å². The van der Waals surface area contributed by atoms with E-state index in [1.165, 1.54) is 48.4 Å². The third kappa shape index (κ3) is 7.29. The number of benzene rings is 2. The second-order valence-electron chi connectivity index (χ2n) is 6.07. The van der Waals surface area contributed by atoms with Crippen molar-refractivity contribution in [3.05, 3.63) is 48.0 Å². The molecule has 0 heterocycles. The lowest BCUT2D eigenvalue weighted by atomic mass is 10.0. The molecule has 0 fully saturated rings. The highest BCUT2D eigenvalue weighted by atomic mass is 16.3. The lowest BCUT2D eigenvalue weighted by molar-refractivity contribution is 0.248. The van der Waals surface area contributed by atoms with Gasteiger partial charge in [-0.3, -0.25) is 0 Å². The zero-order valence-corrected chi connectivity index (χ0v) is 13.8. The highest BCUT2D eigenvalue weighted by Crippen LogP contribution is 2.17. The van der Waals surface area contributed by atoms with Gasteiger partial charge in [-0.1, -0.05) is 82.5 Å². The quantitative estimate of drug-likeness (QED) is 0.685. The summed E-state index contributed by atoms with van der Waals surface area (Å²) in [5.41, 5.74) is 1.48. The summed E-state index contributed by atoms with van der Waals surface area (Å²) in [7, 11) is 0. The van der Waals surface area contributed by atoms with E-state index in [1.807, 2.05) is 13.8 Å². The van der Waals surface area contributed by atoms with Crippen LogP contribution in [-0.4, -0.2) is 11.7 Å². The van der Waals surface area contributed by atoms with Crippen LogP contribution in [-0.2, 0) is 6.42 Å². The fraction of sp³-hybridized carbons (Fsp3) is 0.500. The van der Waals surface area contributed by atoms with Crippen molar-refractivity contribution in [1.29, 1.82) is 0 Å². The number of hydrogen-bond acceptors (Lipinski definition) is 1. The Morgan fingerprint density at radius 3 is 2.19 bits per heavy atom. The summed E-state index contributed by atoms with van der Waals surface area (Å²) in [6.45, 7) is 6.51. The molecule has 1 heteroatoms. The van der Waals surface area contributed by atoms with Gasteiger partial charge in [0.05, 0.1) is 0 Å². The van der Waals surface area contributed by atoms with Gasteiger partial charge in [0.1, 0.15) is 0 Å². The van der Waals surface area contributed by atoms with Gasteiger partial charge < -0.3 is 5.11 Å². The molecule has 21 heavy (non-hydrogen) atoms. The van der Waals surface area contributed by atoms with Crippen LogP contribution >= 0.6 is 0 Å². The highest BCUT2D eigenvalue weighted by molar-refractivity contribution is 5.82. The van der Waals surface area contributed by atoms with Crippen LogP contribution in [0.3, 0.4) is 0 Å². The zero-order valence-electron chi connectivity index (χ0n) is 13.8. The molecule has 1 N–H and O–H groups in total. The van der Waals surface area contributed by atoms with Gasteiger partial charge in [-0.05, 0) is 35.1 Å². The minimum atomic E-state index is 0.306. The van der Waals surface area contributed by atoms with Crippen molar-refractivity contribution < 1.29 is 5.11 Å². The molecule has 116 valence electrons. The van der Waals surface area contributed by atoms with Gasteiger partial charge in [0.15, 0.2) is 0 Å². The first-order valence-electron chi connectivity index (χ1n) is 8.26. The van der Waals surface area contributed by atoms with Crippen LogP contribution in [0.4, 0.5) is 0 Å². The van der Waals surface area contributed by atoms with Gasteiger partial charge in [0.25, 0.3) is 0 Å². The minimum absolute atomic E-state index is 0.306. The van der Waals surface area contributed by atoms with Gasteiger partial charge in [0.2, 0.25) is 0 Å². The predicted octanol–water partition coefficient (Wildman–Crippen LogP) is 5.60. The molecule has 0 amide bonds. The second kappa shape index (κ2) is 10.4. The molecular weight excluding hydrogens is 256 g/mol. The maximum Gasteiger partial charge on any atom is 0.0453 e. The van der Waals surface area contributed by atoms with Crippen molar-refractivity contribution in [3.63, 3.8) is 0 Å². The third-order valence-corrected chi connectivity index (χ3v) is 3.50. The number of aliphatic hydroxyl groups is 1. The van der Waals surface area contributed by atoms with Crippen molar-refractivity contribution in [1.82, 2.24) is 0 Å². The average Bonchev–Trinajstić information content (AvgIpc) is 2.52. The molecule has 0 atom stereocenters. The number of rotatable bonds is 6. The maximum atomic E-state index is 8.14. The van der Waals surface area contributed by atoms with E-state index < -0.39 is 0 Å². The van der Waals surface area contributed by atoms with E-state index in [1.54, 1.807) is 0 Å². The van der Waals surface area contributed by atoms with E-state index in [0.717, 1.165) is 0 Å². The van der Waals surface area contributed by atoms with Crippen LogP contribution in [0.1, 0.15) is 52.0 Å². The number of hydrogen-bond donors (Lipinski definition) is 1. The average molecular weight is 286 g/mol. The first kappa shape index (κ1) is 17.7. The summed E-state index contributed by atoms with van der Waals surface area (Å²) in [6, 6.07) is 15.4. The normalized spacial score (nSPS) is 10.5. The molecule has 0 aliphatic heterocycles. The van der Waals surface area contributed by atoms with E-state index in [4.69, 9.17) is 5.11 Å². The third-order valence-electron chi connectivity index (χ3n) is 3.50. The zero-order chi connectivity index (χ0) is 15.5. The van der Waals surface area contributed by atoms with Crippen molar-refractivity contribution >= 4 is 10.8 Å². The second-order valence-corrected chi connectivity index (χ2v) is 6.07. The molecule has 1 nitrogen and oxygen atoms in total. The number of aryl methyl sites for hydroxylation is 1. The van der Waals surface area contributed by atoms with E-state index >= 15 is 0 Å². The van der Waals surface area contributed by atoms with Gasteiger partial charge in [-0.15, -0.1) is 0 Å². The summed E-state index contributed by atoms with van der Waals surface area (Å²) in [5, 5.41) is 10.9. The summed E-state index contributed by atoms with van der Waals surface area (Å²) in [5.74, 6) is 0.440. The van der Waals surface area contributed by atoms with Crippen LogP contribution < -0.4 is 0 Å². The van der Waals surface area contributed by atoms with Crippen molar-refractivity contribution in [2.75, 3.05) is 6.61 Å². The Balaban J connectivity index is 0.000000383. The van der Waals surface area contributed by atoms with Crippen LogP contribution in [0.2, 0.25) is 0 Å². The molecule has 0 saturated heterocycles. The summed E-state index contributed by atoms with van der Waals surface area (Å²) in [4.78, 5) is 0. The minimum Gasteiger partial charge on any atom is -0.396 e. The number of aliphatic hydroxyl groups excluding tert-OH is 1. The fourth-order valence-corrected chi connectivity index (χ4v) is 2.15. The summed E-state index contributed by atoms with van der Waals surface area (Å²) < 4.78 is 0. The first-order chi connectivity index (χ1) is 10.2. The van der Waals surface area contributed by atoms with Crippen molar-refractivity contribution in [3.8, 4) is 0 Å². The molecular formula is C20H30O. The van der Waals surface area contributed by atoms with Crippen LogP contribution in [0.25, 0.3) is 10.8 Å². The standard InChI is InChI=1S/C16H20.C4H10O/c1-2-3-4-5-8-14-11-12-15-9-6-7-10-16(15)13-14;1-4(2)3-5/h6-7,9-13H,2-5,8H2,1H3;4-5H,3H2,1-2H3. The molecule has 0 saturated carbocycles. The Morgan fingerprint density at radius 1 is 0.905 bits per heavy atom. The Bertz CT molecular complexity index is 502. The van der Waals surface area contributed by atoms with Gasteiger partial charge in [-0.2, -0.15) is 0 Å². The van der Waals surface area contributed by atoms with Crippen LogP contribution in [0, 0.1) is 5.92 Å². The fourth-order valence-electron chi connectivity index (χ4n) is 2.15. The van der Waals surface area contributed by atoms with E-state index in [9.17, 15) is 0 Å². The van der Waals surface area contributed by atoms with Gasteiger partial charge in [0, 0.05) is 6.61 Å². The molecule has 0 aromatic heterocycles. The van der Waals surface area contributed by atoms with Crippen LogP contribution in [0.5, 0.6) is 0 Å². The Kier molecular flexibility index (Phi) is 8.77. The van der Waals surface area contributed by atoms with Crippen LogP contribution in [0.15, 0.2) is 42.5 Å². The van der Waals surface area contributed by atoms with E-state index in [0.29, 0.717) is 12.5 Å². The Labute approximate surface area is 130 Å². The predicted molar refractivity (Wildman–Crippen MR) is 93.7 cm³/mol. The molecule has 2 aromatic carbocycles. The van der Waals surface area contributed by atoms with E-state index in [2.05, 4.69) is 49.4 Å². The van der Waals surface area contributed by atoms with Crippen molar-refractivity contribution in [2.24, 2.45) is 5.92 Å². The summed E-state index contributed by atoms with van der Waals surface area (Å²) in [6.07, 6.45) is 6.60. The molecule has 0 unspecified atom stereocenters. The summed E-state index contributed by atoms with van der Waals surface area (Å²) >= 11 is 0. The molecule has 0 aliphatic rings. The molecule has 0 radical (unpaired) electrons. The van der Waals surface area contributed by atoms with E-state index in [-0.39, 0.29) is 0 Å². The molecule has 2 aromatic rings. The lowest BCUT2D eigenvalue weighted by Gasteiger charge is -2.03. The monoisotopic (exact) mass is 286 g/mol. The smallest absolute Gasteiger partial charge is 0.0453 e. The number of fused-ring (bicyclic) bond motifs is 1. The SMILES string of the molecule is CC(C)CO.CCCCCCc1ccc2ccccc2c1. The maximum absolute atomic E-state index is 8.14. The first-order valence-corrected chi connectivity index (χ1v) is 8.26. The topological polar surface area (TPSA) is 20.2 Å². The van der Waals surface area contributed by atoms with Gasteiger partial charge >= 0.3 is 0 Å². The molecule has 0 spiro atoms. The molecule has 0 bridgehead atoms. The highest BCUT2D eigenvalue weighted by Gasteiger charge is 1.96.